The molecule has 0 unspecified atom stereocenters. The van der Waals surface area contributed by atoms with E-state index < -0.39 is 11.9 Å². The van der Waals surface area contributed by atoms with Crippen molar-refractivity contribution in [3.8, 4) is 5.75 Å². The number of rotatable bonds is 8. The Kier molecular flexibility index (Phi) is 9.61. The van der Waals surface area contributed by atoms with Crippen molar-refractivity contribution < 1.29 is 29.3 Å². The molecule has 1 aromatic heterocycles. The molecular formula is C21H28N2O6. The zero-order valence-electron chi connectivity index (χ0n) is 17.1. The number of carboxylic acid groups (broad SMARTS) is 2. The minimum Gasteiger partial charge on any atom is -0.478 e. The van der Waals surface area contributed by atoms with Gasteiger partial charge in [0.2, 0.25) is 0 Å². The summed E-state index contributed by atoms with van der Waals surface area (Å²) in [7, 11) is 0. The van der Waals surface area contributed by atoms with Crippen LogP contribution in [0, 0.1) is 0 Å². The van der Waals surface area contributed by atoms with Crippen LogP contribution in [0.2, 0.25) is 0 Å². The average molecular weight is 404 g/mol. The van der Waals surface area contributed by atoms with E-state index in [9.17, 15) is 14.4 Å². The quantitative estimate of drug-likeness (QED) is 0.351. The van der Waals surface area contributed by atoms with Crippen LogP contribution in [-0.2, 0) is 20.8 Å². The van der Waals surface area contributed by atoms with Gasteiger partial charge in [-0.3, -0.25) is 4.79 Å². The Morgan fingerprint density at radius 2 is 1.79 bits per heavy atom. The van der Waals surface area contributed by atoms with Crippen LogP contribution < -0.4 is 4.74 Å². The summed E-state index contributed by atoms with van der Waals surface area (Å²) in [6, 6.07) is 6.29. The molecule has 0 bridgehead atoms. The van der Waals surface area contributed by atoms with Crippen molar-refractivity contribution in [2.24, 2.45) is 0 Å². The number of hydrogen-bond acceptors (Lipinski definition) is 5. The molecule has 1 heterocycles. The molecule has 0 fully saturated rings. The van der Waals surface area contributed by atoms with Gasteiger partial charge in [0.15, 0.2) is 0 Å². The third-order valence-corrected chi connectivity index (χ3v) is 4.18. The highest BCUT2D eigenvalue weighted by Gasteiger charge is 2.13. The summed E-state index contributed by atoms with van der Waals surface area (Å²) in [5.41, 5.74) is 2.21. The maximum Gasteiger partial charge on any atom is 0.328 e. The number of H-pyrrole nitrogens is 1. The van der Waals surface area contributed by atoms with E-state index in [-0.39, 0.29) is 5.97 Å². The van der Waals surface area contributed by atoms with Gasteiger partial charge < -0.3 is 24.8 Å². The summed E-state index contributed by atoms with van der Waals surface area (Å²) in [4.78, 5) is 36.0. The second-order valence-electron chi connectivity index (χ2n) is 6.57. The second kappa shape index (κ2) is 11.7. The van der Waals surface area contributed by atoms with Crippen molar-refractivity contribution in [3.05, 3.63) is 42.1 Å². The number of nitrogens with one attached hydrogen (secondary N) is 1. The number of aromatic nitrogens is 1. The van der Waals surface area contributed by atoms with Crippen LogP contribution >= 0.6 is 0 Å². The van der Waals surface area contributed by atoms with Gasteiger partial charge in [-0.15, -0.1) is 0 Å². The molecule has 8 nitrogen and oxygen atoms in total. The summed E-state index contributed by atoms with van der Waals surface area (Å²) < 4.78 is 5.33. The van der Waals surface area contributed by atoms with E-state index in [0.29, 0.717) is 23.9 Å². The molecule has 29 heavy (non-hydrogen) atoms. The second-order valence-corrected chi connectivity index (χ2v) is 6.57. The molecule has 1 aromatic carbocycles. The third-order valence-electron chi connectivity index (χ3n) is 4.18. The Morgan fingerprint density at radius 3 is 2.28 bits per heavy atom. The van der Waals surface area contributed by atoms with E-state index in [0.717, 1.165) is 30.4 Å². The van der Waals surface area contributed by atoms with Gasteiger partial charge >= 0.3 is 17.9 Å². The summed E-state index contributed by atoms with van der Waals surface area (Å²) in [6.45, 7) is 10.1. The maximum absolute atomic E-state index is 11.3. The number of aliphatic carboxylic acids is 2. The van der Waals surface area contributed by atoms with Gasteiger partial charge in [0.1, 0.15) is 5.75 Å². The number of aromatic amines is 1. The highest BCUT2D eigenvalue weighted by Crippen LogP contribution is 2.29. The van der Waals surface area contributed by atoms with Crippen LogP contribution in [0.5, 0.6) is 5.75 Å². The first kappa shape index (κ1) is 23.9. The van der Waals surface area contributed by atoms with Crippen LogP contribution in [0.4, 0.5) is 0 Å². The van der Waals surface area contributed by atoms with E-state index in [2.05, 4.69) is 30.7 Å². The van der Waals surface area contributed by atoms with E-state index in [4.69, 9.17) is 14.9 Å². The Balaban J connectivity index is 0.000000447. The fourth-order valence-corrected chi connectivity index (χ4v) is 2.84. The number of fused-ring (bicyclic) bond motifs is 1. The molecule has 0 radical (unpaired) electrons. The average Bonchev–Trinajstić information content (AvgIpc) is 3.04. The number of carbonyl (C=O) groups excluding carboxylic acids is 1. The monoisotopic (exact) mass is 404 g/mol. The zero-order chi connectivity index (χ0) is 22.0. The third kappa shape index (κ3) is 8.18. The lowest BCUT2D eigenvalue weighted by molar-refractivity contribution is -0.134. The van der Waals surface area contributed by atoms with Crippen LogP contribution in [-0.4, -0.2) is 57.1 Å². The normalized spacial score (nSPS) is 11.0. The lowest BCUT2D eigenvalue weighted by atomic mass is 10.1. The number of ether oxygens (including phenoxy) is 1. The molecule has 2 rings (SSSR count). The fraction of sp³-hybridized carbons (Fsp3) is 0.381. The molecule has 0 saturated carbocycles. The zero-order valence-corrected chi connectivity index (χ0v) is 17.1. The molecule has 8 heteroatoms. The molecule has 0 aliphatic heterocycles. The molecule has 3 N–H and O–H groups in total. The number of carbonyl (C=O) groups is 3. The van der Waals surface area contributed by atoms with Gasteiger partial charge in [-0.1, -0.05) is 13.0 Å². The minimum absolute atomic E-state index is 0.285. The number of hydrogen-bond donors (Lipinski definition) is 3. The SMILES string of the molecule is CCN(CCc1c[nH]c2cccc(OC(C)=O)c12)C(C)C.O=C(O)/C=C/C(=O)O. The Morgan fingerprint density at radius 1 is 1.17 bits per heavy atom. The summed E-state index contributed by atoms with van der Waals surface area (Å²) >= 11 is 0. The van der Waals surface area contributed by atoms with Gasteiger partial charge in [-0.05, 0) is 44.5 Å². The van der Waals surface area contributed by atoms with Crippen molar-refractivity contribution in [3.63, 3.8) is 0 Å². The molecular weight excluding hydrogens is 376 g/mol. The molecule has 0 spiro atoms. The lowest BCUT2D eigenvalue weighted by Gasteiger charge is -2.24. The van der Waals surface area contributed by atoms with E-state index in [1.807, 2.05) is 24.4 Å². The molecule has 0 amide bonds. The highest BCUT2D eigenvalue weighted by molar-refractivity contribution is 5.91. The van der Waals surface area contributed by atoms with Gasteiger partial charge in [0, 0.05) is 48.8 Å². The maximum atomic E-state index is 11.3. The molecule has 2 aromatic rings. The molecule has 0 aliphatic carbocycles. The van der Waals surface area contributed by atoms with Crippen molar-refractivity contribution >= 4 is 28.8 Å². The predicted octanol–water partition coefficient (Wildman–Crippen LogP) is 3.08. The van der Waals surface area contributed by atoms with Crippen LogP contribution in [0.15, 0.2) is 36.5 Å². The number of esters is 1. The van der Waals surface area contributed by atoms with Crippen LogP contribution in [0.1, 0.15) is 33.3 Å². The van der Waals surface area contributed by atoms with Crippen molar-refractivity contribution in [1.29, 1.82) is 0 Å². The predicted molar refractivity (Wildman–Crippen MR) is 110 cm³/mol. The Hall–Kier alpha value is -3.13. The van der Waals surface area contributed by atoms with Gasteiger partial charge in [0.25, 0.3) is 0 Å². The van der Waals surface area contributed by atoms with Gasteiger partial charge in [0.05, 0.1) is 0 Å². The molecule has 0 aliphatic rings. The van der Waals surface area contributed by atoms with E-state index in [1.54, 1.807) is 0 Å². The van der Waals surface area contributed by atoms with Gasteiger partial charge in [-0.25, -0.2) is 9.59 Å². The molecule has 0 atom stereocenters. The lowest BCUT2D eigenvalue weighted by Crippen LogP contribution is -2.32. The van der Waals surface area contributed by atoms with Crippen LogP contribution in [0.25, 0.3) is 10.9 Å². The fourth-order valence-electron chi connectivity index (χ4n) is 2.84. The Bertz CT molecular complexity index is 853. The van der Waals surface area contributed by atoms with E-state index >= 15 is 0 Å². The first-order valence-electron chi connectivity index (χ1n) is 9.31. The number of nitrogens with zero attached hydrogens (tertiary/aromatic N) is 1. The largest absolute Gasteiger partial charge is 0.478 e. The number of benzene rings is 1. The van der Waals surface area contributed by atoms with Crippen molar-refractivity contribution in [1.82, 2.24) is 9.88 Å². The molecule has 158 valence electrons. The van der Waals surface area contributed by atoms with Crippen molar-refractivity contribution in [2.75, 3.05) is 13.1 Å². The molecule has 0 saturated heterocycles. The first-order valence-corrected chi connectivity index (χ1v) is 9.31. The summed E-state index contributed by atoms with van der Waals surface area (Å²) in [5, 5.41) is 16.6. The van der Waals surface area contributed by atoms with Crippen molar-refractivity contribution in [2.45, 2.75) is 40.2 Å². The smallest absolute Gasteiger partial charge is 0.328 e. The number of carboxylic acids is 2. The highest BCUT2D eigenvalue weighted by atomic mass is 16.5. The summed E-state index contributed by atoms with van der Waals surface area (Å²) in [6.07, 6.45) is 4.07. The standard InChI is InChI=1S/C17H24N2O2.C4H4O4/c1-5-19(12(2)3)10-9-14-11-18-15-7-6-8-16(17(14)15)21-13(4)20;5-3(6)1-2-4(7)8/h6-8,11-12,18H,5,9-10H2,1-4H3;1-2H,(H,5,6)(H,7,8)/b;2-1+. The Labute approximate surface area is 169 Å². The topological polar surface area (TPSA) is 120 Å². The van der Waals surface area contributed by atoms with E-state index in [1.165, 1.54) is 12.5 Å². The minimum atomic E-state index is -1.26. The number of likely N-dealkylation sites (N-methyl/N-ethyl adjacent to an activating group) is 1. The van der Waals surface area contributed by atoms with Crippen LogP contribution in [0.3, 0.4) is 0 Å². The first-order chi connectivity index (χ1) is 13.6. The summed E-state index contributed by atoms with van der Waals surface area (Å²) in [5.74, 6) is -2.16. The van der Waals surface area contributed by atoms with Gasteiger partial charge in [-0.2, -0.15) is 0 Å².